The fourth-order valence-corrected chi connectivity index (χ4v) is 3.71. The molecule has 28 heavy (non-hydrogen) atoms. The largest absolute Gasteiger partial charge is 0.383 e. The number of hydrogen-bond acceptors (Lipinski definition) is 3. The van der Waals surface area contributed by atoms with Crippen molar-refractivity contribution in [3.63, 3.8) is 0 Å². The van der Waals surface area contributed by atoms with E-state index in [0.717, 1.165) is 23.2 Å². The lowest BCUT2D eigenvalue weighted by molar-refractivity contribution is -0.137. The highest BCUT2D eigenvalue weighted by atomic mass is 16.5. The zero-order valence-corrected chi connectivity index (χ0v) is 16.6. The SMILES string of the molecule is CCc1ccccc1N1CC(C(=O)N(CCOC)Cc2ccccc2)CC1=O. The van der Waals surface area contributed by atoms with E-state index in [1.165, 1.54) is 0 Å². The lowest BCUT2D eigenvalue weighted by Crippen LogP contribution is -2.39. The molecule has 2 amide bonds. The number of ether oxygens (including phenoxy) is 1. The number of benzene rings is 2. The second-order valence-electron chi connectivity index (χ2n) is 7.13. The Labute approximate surface area is 166 Å². The summed E-state index contributed by atoms with van der Waals surface area (Å²) in [6, 6.07) is 17.9. The minimum absolute atomic E-state index is 0.0191. The minimum Gasteiger partial charge on any atom is -0.383 e. The maximum atomic E-state index is 13.2. The van der Waals surface area contributed by atoms with Crippen LogP contribution < -0.4 is 4.90 Å². The average molecular weight is 380 g/mol. The maximum Gasteiger partial charge on any atom is 0.228 e. The lowest BCUT2D eigenvalue weighted by Gasteiger charge is -2.26. The number of anilines is 1. The highest BCUT2D eigenvalue weighted by Crippen LogP contribution is 2.29. The molecule has 0 aliphatic carbocycles. The van der Waals surface area contributed by atoms with Crippen LogP contribution in [0.2, 0.25) is 0 Å². The van der Waals surface area contributed by atoms with Crippen LogP contribution in [0.1, 0.15) is 24.5 Å². The molecule has 1 heterocycles. The highest BCUT2D eigenvalue weighted by Gasteiger charge is 2.37. The second-order valence-corrected chi connectivity index (χ2v) is 7.13. The molecule has 1 atom stereocenters. The van der Waals surface area contributed by atoms with E-state index in [9.17, 15) is 9.59 Å². The Balaban J connectivity index is 1.75. The van der Waals surface area contributed by atoms with Crippen molar-refractivity contribution in [3.05, 3.63) is 65.7 Å². The number of aryl methyl sites for hydroxylation is 1. The van der Waals surface area contributed by atoms with E-state index in [4.69, 9.17) is 4.74 Å². The molecule has 0 bridgehead atoms. The number of carbonyl (C=O) groups is 2. The Morgan fingerprint density at radius 2 is 1.86 bits per heavy atom. The predicted octanol–water partition coefficient (Wildman–Crippen LogP) is 3.28. The van der Waals surface area contributed by atoms with Crippen LogP contribution in [-0.4, -0.2) is 43.5 Å². The minimum atomic E-state index is -0.321. The number of rotatable bonds is 8. The van der Waals surface area contributed by atoms with Crippen molar-refractivity contribution in [1.29, 1.82) is 0 Å². The Morgan fingerprint density at radius 3 is 2.57 bits per heavy atom. The summed E-state index contributed by atoms with van der Waals surface area (Å²) >= 11 is 0. The fourth-order valence-electron chi connectivity index (χ4n) is 3.71. The van der Waals surface area contributed by atoms with Gasteiger partial charge >= 0.3 is 0 Å². The molecule has 5 heteroatoms. The Morgan fingerprint density at radius 1 is 1.14 bits per heavy atom. The van der Waals surface area contributed by atoms with Crippen molar-refractivity contribution in [2.75, 3.05) is 31.7 Å². The van der Waals surface area contributed by atoms with Crippen LogP contribution in [0.3, 0.4) is 0 Å². The van der Waals surface area contributed by atoms with E-state index in [0.29, 0.717) is 26.2 Å². The van der Waals surface area contributed by atoms with Gasteiger partial charge in [-0.3, -0.25) is 9.59 Å². The molecule has 1 aliphatic heterocycles. The van der Waals surface area contributed by atoms with E-state index in [1.807, 2.05) is 59.5 Å². The summed E-state index contributed by atoms with van der Waals surface area (Å²) in [5.74, 6) is -0.283. The highest BCUT2D eigenvalue weighted by molar-refractivity contribution is 6.00. The standard InChI is InChI=1S/C23H28N2O3/c1-3-19-11-7-8-12-21(19)25-17-20(15-22(25)26)23(27)24(13-14-28-2)16-18-9-5-4-6-10-18/h4-12,20H,3,13-17H2,1-2H3. The van der Waals surface area contributed by atoms with Crippen LogP contribution in [-0.2, 0) is 27.3 Å². The maximum absolute atomic E-state index is 13.2. The zero-order valence-electron chi connectivity index (χ0n) is 16.6. The summed E-state index contributed by atoms with van der Waals surface area (Å²) in [5.41, 5.74) is 3.13. The number of nitrogens with zero attached hydrogens (tertiary/aromatic N) is 2. The number of amides is 2. The molecule has 1 saturated heterocycles. The predicted molar refractivity (Wildman–Crippen MR) is 110 cm³/mol. The third-order valence-electron chi connectivity index (χ3n) is 5.23. The molecule has 1 fully saturated rings. The third kappa shape index (κ3) is 4.60. The number of hydrogen-bond donors (Lipinski definition) is 0. The first-order chi connectivity index (χ1) is 13.6. The van der Waals surface area contributed by atoms with E-state index in [2.05, 4.69) is 6.92 Å². The van der Waals surface area contributed by atoms with Crippen molar-refractivity contribution in [1.82, 2.24) is 4.90 Å². The van der Waals surface area contributed by atoms with Gasteiger partial charge in [0.1, 0.15) is 0 Å². The molecule has 1 aliphatic rings. The number of methoxy groups -OCH3 is 1. The molecule has 2 aromatic carbocycles. The average Bonchev–Trinajstić information content (AvgIpc) is 3.12. The first kappa shape index (κ1) is 20.1. The van der Waals surface area contributed by atoms with Gasteiger partial charge in [0, 0.05) is 38.9 Å². The van der Waals surface area contributed by atoms with Crippen molar-refractivity contribution in [3.8, 4) is 0 Å². The van der Waals surface area contributed by atoms with E-state index >= 15 is 0 Å². The van der Waals surface area contributed by atoms with Crippen molar-refractivity contribution < 1.29 is 14.3 Å². The molecule has 0 radical (unpaired) electrons. The molecule has 3 rings (SSSR count). The Hall–Kier alpha value is -2.66. The first-order valence-electron chi connectivity index (χ1n) is 9.84. The van der Waals surface area contributed by atoms with Crippen LogP contribution in [0, 0.1) is 5.92 Å². The van der Waals surface area contributed by atoms with Crippen LogP contribution in [0.5, 0.6) is 0 Å². The van der Waals surface area contributed by atoms with Gasteiger partial charge in [0.25, 0.3) is 0 Å². The lowest BCUT2D eigenvalue weighted by atomic mass is 10.1. The quantitative estimate of drug-likeness (QED) is 0.706. The Bertz CT molecular complexity index is 807. The second kappa shape index (κ2) is 9.51. The van der Waals surface area contributed by atoms with Gasteiger partial charge in [-0.1, -0.05) is 55.5 Å². The van der Waals surface area contributed by atoms with Crippen molar-refractivity contribution >= 4 is 17.5 Å². The van der Waals surface area contributed by atoms with E-state index < -0.39 is 0 Å². The van der Waals surface area contributed by atoms with Crippen LogP contribution >= 0.6 is 0 Å². The van der Waals surface area contributed by atoms with E-state index in [-0.39, 0.29) is 24.2 Å². The van der Waals surface area contributed by atoms with Gasteiger partial charge in [0.15, 0.2) is 0 Å². The van der Waals surface area contributed by atoms with Crippen LogP contribution in [0.4, 0.5) is 5.69 Å². The summed E-state index contributed by atoms with van der Waals surface area (Å²) < 4.78 is 5.19. The number of carbonyl (C=O) groups excluding carboxylic acids is 2. The molecule has 2 aromatic rings. The smallest absolute Gasteiger partial charge is 0.228 e. The molecule has 0 N–H and O–H groups in total. The van der Waals surface area contributed by atoms with Crippen molar-refractivity contribution in [2.24, 2.45) is 5.92 Å². The summed E-state index contributed by atoms with van der Waals surface area (Å²) in [5, 5.41) is 0. The normalized spacial score (nSPS) is 16.4. The van der Waals surface area contributed by atoms with E-state index in [1.54, 1.807) is 12.0 Å². The van der Waals surface area contributed by atoms with Crippen molar-refractivity contribution in [2.45, 2.75) is 26.3 Å². The summed E-state index contributed by atoms with van der Waals surface area (Å²) in [7, 11) is 1.63. The van der Waals surface area contributed by atoms with Gasteiger partial charge in [0.2, 0.25) is 11.8 Å². The molecule has 0 aromatic heterocycles. The summed E-state index contributed by atoms with van der Waals surface area (Å²) in [6.45, 7) is 4.03. The number of para-hydroxylation sites is 1. The summed E-state index contributed by atoms with van der Waals surface area (Å²) in [6.07, 6.45) is 1.11. The van der Waals surface area contributed by atoms with Gasteiger partial charge in [-0.25, -0.2) is 0 Å². The molecule has 1 unspecified atom stereocenters. The molecule has 148 valence electrons. The Kier molecular flexibility index (Phi) is 6.82. The van der Waals surface area contributed by atoms with Gasteiger partial charge in [-0.2, -0.15) is 0 Å². The zero-order chi connectivity index (χ0) is 19.9. The summed E-state index contributed by atoms with van der Waals surface area (Å²) in [4.78, 5) is 29.5. The topological polar surface area (TPSA) is 49.9 Å². The molecule has 0 spiro atoms. The fraction of sp³-hybridized carbons (Fsp3) is 0.391. The molecular formula is C23H28N2O3. The molecule has 5 nitrogen and oxygen atoms in total. The molecular weight excluding hydrogens is 352 g/mol. The first-order valence-corrected chi connectivity index (χ1v) is 9.84. The van der Waals surface area contributed by atoms with Gasteiger partial charge in [-0.15, -0.1) is 0 Å². The van der Waals surface area contributed by atoms with Gasteiger partial charge in [0.05, 0.1) is 12.5 Å². The monoisotopic (exact) mass is 380 g/mol. The van der Waals surface area contributed by atoms with Crippen LogP contribution in [0.25, 0.3) is 0 Å². The van der Waals surface area contributed by atoms with Gasteiger partial charge in [-0.05, 0) is 23.6 Å². The van der Waals surface area contributed by atoms with Gasteiger partial charge < -0.3 is 14.5 Å². The third-order valence-corrected chi connectivity index (χ3v) is 5.23. The molecule has 0 saturated carbocycles. The van der Waals surface area contributed by atoms with Crippen LogP contribution in [0.15, 0.2) is 54.6 Å².